The van der Waals surface area contributed by atoms with Crippen LogP contribution in [0.25, 0.3) is 0 Å². The number of nitrogens with one attached hydrogen (secondary N) is 1. The summed E-state index contributed by atoms with van der Waals surface area (Å²) in [6.45, 7) is 0.438. The summed E-state index contributed by atoms with van der Waals surface area (Å²) in [7, 11) is -1.27. The lowest BCUT2D eigenvalue weighted by Crippen LogP contribution is -2.44. The number of rotatable bonds is 2. The number of amides is 1. The van der Waals surface area contributed by atoms with E-state index in [0.717, 1.165) is 0 Å². The smallest absolute Gasteiger partial charge is 0.274 e. The van der Waals surface area contributed by atoms with Gasteiger partial charge in [-0.1, -0.05) is 0 Å². The van der Waals surface area contributed by atoms with Crippen LogP contribution >= 0.6 is 0 Å². The fourth-order valence-electron chi connectivity index (χ4n) is 1.66. The minimum Gasteiger partial charge on any atom is -0.372 e. The van der Waals surface area contributed by atoms with Gasteiger partial charge in [-0.05, 0) is 12.1 Å². The Kier molecular flexibility index (Phi) is 3.46. The Morgan fingerprint density at radius 1 is 1.28 bits per heavy atom. The molecule has 1 fully saturated rings. The van der Waals surface area contributed by atoms with Gasteiger partial charge in [-0.15, -0.1) is 10.2 Å². The largest absolute Gasteiger partial charge is 0.372 e. The molecule has 1 N–H and O–H groups in total. The minimum atomic E-state index is -2.98. The Bertz CT molecular complexity index is 527. The van der Waals surface area contributed by atoms with Crippen molar-refractivity contribution < 1.29 is 13.2 Å². The van der Waals surface area contributed by atoms with Crippen LogP contribution in [-0.2, 0) is 9.84 Å². The monoisotopic (exact) mass is 270 g/mol. The average Bonchev–Trinajstić information content (AvgIpc) is 2.38. The molecule has 0 aromatic carbocycles. The SMILES string of the molecule is CNc1ccc(C(=O)N2CCS(=O)(=O)CC2)nn1. The van der Waals surface area contributed by atoms with Crippen molar-refractivity contribution in [2.24, 2.45) is 0 Å². The van der Waals surface area contributed by atoms with E-state index in [9.17, 15) is 13.2 Å². The highest BCUT2D eigenvalue weighted by Gasteiger charge is 2.26. The molecule has 0 unspecified atom stereocenters. The van der Waals surface area contributed by atoms with Crippen molar-refractivity contribution in [3.8, 4) is 0 Å². The molecule has 1 aromatic rings. The third kappa shape index (κ3) is 2.76. The van der Waals surface area contributed by atoms with Crippen LogP contribution in [0.1, 0.15) is 10.5 Å². The maximum atomic E-state index is 12.0. The third-order valence-electron chi connectivity index (χ3n) is 2.77. The number of hydrogen-bond acceptors (Lipinski definition) is 6. The van der Waals surface area contributed by atoms with Gasteiger partial charge in [0.2, 0.25) is 0 Å². The number of aromatic nitrogens is 2. The van der Waals surface area contributed by atoms with E-state index in [2.05, 4.69) is 15.5 Å². The second-order valence-electron chi connectivity index (χ2n) is 4.00. The molecule has 0 bridgehead atoms. The summed E-state index contributed by atoms with van der Waals surface area (Å²) in [5.41, 5.74) is 0.230. The number of sulfone groups is 1. The first-order valence-electron chi connectivity index (χ1n) is 5.53. The first-order valence-corrected chi connectivity index (χ1v) is 7.35. The fourth-order valence-corrected chi connectivity index (χ4v) is 2.86. The molecule has 1 saturated heterocycles. The molecule has 1 aliphatic rings. The van der Waals surface area contributed by atoms with Crippen LogP contribution in [0.2, 0.25) is 0 Å². The molecule has 2 rings (SSSR count). The van der Waals surface area contributed by atoms with Crippen molar-refractivity contribution in [1.82, 2.24) is 15.1 Å². The van der Waals surface area contributed by atoms with Crippen molar-refractivity contribution >= 4 is 21.6 Å². The maximum Gasteiger partial charge on any atom is 0.274 e. The molecule has 0 atom stereocenters. The Balaban J connectivity index is 2.07. The van der Waals surface area contributed by atoms with Crippen LogP contribution in [0.15, 0.2) is 12.1 Å². The van der Waals surface area contributed by atoms with E-state index < -0.39 is 9.84 Å². The van der Waals surface area contributed by atoms with E-state index in [1.54, 1.807) is 19.2 Å². The van der Waals surface area contributed by atoms with Gasteiger partial charge in [0.25, 0.3) is 5.91 Å². The Hall–Kier alpha value is -1.70. The molecule has 18 heavy (non-hydrogen) atoms. The van der Waals surface area contributed by atoms with Gasteiger partial charge >= 0.3 is 0 Å². The average molecular weight is 270 g/mol. The van der Waals surface area contributed by atoms with Gasteiger partial charge in [0.05, 0.1) is 11.5 Å². The van der Waals surface area contributed by atoms with Crippen LogP contribution < -0.4 is 5.32 Å². The van der Waals surface area contributed by atoms with Gasteiger partial charge in [0.1, 0.15) is 5.82 Å². The Morgan fingerprint density at radius 2 is 1.94 bits per heavy atom. The van der Waals surface area contributed by atoms with Crippen LogP contribution in [0, 0.1) is 0 Å². The first kappa shape index (κ1) is 12.7. The molecule has 1 amide bonds. The maximum absolute atomic E-state index is 12.0. The molecule has 8 heteroatoms. The number of nitrogens with zero attached hydrogens (tertiary/aromatic N) is 3. The highest BCUT2D eigenvalue weighted by atomic mass is 32.2. The molecule has 7 nitrogen and oxygen atoms in total. The number of anilines is 1. The Labute approximate surface area is 105 Å². The molecular formula is C10H14N4O3S. The Morgan fingerprint density at radius 3 is 2.44 bits per heavy atom. The summed E-state index contributed by atoms with van der Waals surface area (Å²) in [5.74, 6) is 0.328. The first-order chi connectivity index (χ1) is 8.52. The molecule has 98 valence electrons. The molecule has 1 aromatic heterocycles. The summed E-state index contributed by atoms with van der Waals surface area (Å²) >= 11 is 0. The lowest BCUT2D eigenvalue weighted by molar-refractivity contribution is 0.0763. The van der Waals surface area contributed by atoms with Crippen molar-refractivity contribution in [3.63, 3.8) is 0 Å². The van der Waals surface area contributed by atoms with E-state index in [1.165, 1.54) is 4.90 Å². The molecule has 2 heterocycles. The number of carbonyl (C=O) groups excluding carboxylic acids is 1. The second kappa shape index (κ2) is 4.89. The molecule has 0 radical (unpaired) electrons. The van der Waals surface area contributed by atoms with E-state index in [4.69, 9.17) is 0 Å². The van der Waals surface area contributed by atoms with Crippen LogP contribution in [0.5, 0.6) is 0 Å². The van der Waals surface area contributed by atoms with Gasteiger partial charge in [0.15, 0.2) is 15.5 Å². The van der Waals surface area contributed by atoms with Gasteiger partial charge in [-0.3, -0.25) is 4.79 Å². The number of carbonyl (C=O) groups is 1. The van der Waals surface area contributed by atoms with Crippen molar-refractivity contribution in [2.45, 2.75) is 0 Å². The quantitative estimate of drug-likeness (QED) is 0.770. The summed E-state index contributed by atoms with van der Waals surface area (Å²) in [6, 6.07) is 3.23. The van der Waals surface area contributed by atoms with Gasteiger partial charge in [0, 0.05) is 20.1 Å². The van der Waals surface area contributed by atoms with Crippen molar-refractivity contribution in [2.75, 3.05) is 37.0 Å². The van der Waals surface area contributed by atoms with Crippen molar-refractivity contribution in [3.05, 3.63) is 17.8 Å². The lowest BCUT2D eigenvalue weighted by atomic mass is 10.3. The van der Waals surface area contributed by atoms with Gasteiger partial charge in [-0.25, -0.2) is 8.42 Å². The molecular weight excluding hydrogens is 256 g/mol. The van der Waals surface area contributed by atoms with E-state index in [-0.39, 0.29) is 36.2 Å². The zero-order valence-corrected chi connectivity index (χ0v) is 10.8. The zero-order chi connectivity index (χ0) is 13.2. The topological polar surface area (TPSA) is 92.3 Å². The highest BCUT2D eigenvalue weighted by molar-refractivity contribution is 7.91. The summed E-state index contributed by atoms with van der Waals surface area (Å²) in [5, 5.41) is 10.4. The standard InChI is InChI=1S/C10H14N4O3S/c1-11-9-3-2-8(12-13-9)10(15)14-4-6-18(16,17)7-5-14/h2-3H,4-7H2,1H3,(H,11,13). The van der Waals surface area contributed by atoms with E-state index in [1.807, 2.05) is 0 Å². The molecule has 0 saturated carbocycles. The van der Waals surface area contributed by atoms with Gasteiger partial charge < -0.3 is 10.2 Å². The van der Waals surface area contributed by atoms with Crippen LogP contribution in [0.4, 0.5) is 5.82 Å². The predicted molar refractivity (Wildman–Crippen MR) is 66.1 cm³/mol. The molecule has 0 aliphatic carbocycles. The molecule has 0 spiro atoms. The lowest BCUT2D eigenvalue weighted by Gasteiger charge is -2.26. The zero-order valence-electron chi connectivity index (χ0n) is 9.96. The third-order valence-corrected chi connectivity index (χ3v) is 4.38. The minimum absolute atomic E-state index is 0.0147. The van der Waals surface area contributed by atoms with Crippen molar-refractivity contribution in [1.29, 1.82) is 0 Å². The fraction of sp³-hybridized carbons (Fsp3) is 0.500. The predicted octanol–water partition coefficient (Wildman–Crippen LogP) is -0.611. The van der Waals surface area contributed by atoms with Crippen LogP contribution in [-0.4, -0.2) is 61.1 Å². The van der Waals surface area contributed by atoms with E-state index >= 15 is 0 Å². The number of hydrogen-bond donors (Lipinski definition) is 1. The second-order valence-corrected chi connectivity index (χ2v) is 6.30. The van der Waals surface area contributed by atoms with Gasteiger partial charge in [-0.2, -0.15) is 0 Å². The highest BCUT2D eigenvalue weighted by Crippen LogP contribution is 2.09. The molecule has 1 aliphatic heterocycles. The van der Waals surface area contributed by atoms with E-state index in [0.29, 0.717) is 5.82 Å². The van der Waals surface area contributed by atoms with Crippen LogP contribution in [0.3, 0.4) is 0 Å². The summed E-state index contributed by atoms with van der Waals surface area (Å²) in [6.07, 6.45) is 0. The summed E-state index contributed by atoms with van der Waals surface area (Å²) < 4.78 is 22.5. The normalized spacial score (nSPS) is 18.4. The summed E-state index contributed by atoms with van der Waals surface area (Å²) in [4.78, 5) is 13.5.